The molecule has 9 heteroatoms. The van der Waals surface area contributed by atoms with Crippen molar-refractivity contribution in [2.24, 2.45) is 0 Å². The van der Waals surface area contributed by atoms with Gasteiger partial charge in [-0.1, -0.05) is 0 Å². The largest absolute Gasteiger partial charge is 0.376 e. The molecule has 3 aromatic rings. The molecule has 2 aromatic heterocycles. The number of nitriles is 1. The average molecular weight is 418 g/mol. The highest BCUT2D eigenvalue weighted by atomic mass is 15.2. The van der Waals surface area contributed by atoms with Gasteiger partial charge in [0.2, 0.25) is 0 Å². The molecule has 1 saturated heterocycles. The van der Waals surface area contributed by atoms with E-state index >= 15 is 0 Å². The van der Waals surface area contributed by atoms with Crippen molar-refractivity contribution in [3.63, 3.8) is 0 Å². The molecule has 1 fully saturated rings. The summed E-state index contributed by atoms with van der Waals surface area (Å²) in [6.45, 7) is 2.11. The molecule has 0 bridgehead atoms. The fraction of sp³-hybridized carbons (Fsp3) is 0.364. The number of nitrogens with zero attached hydrogens (tertiary/aromatic N) is 8. The first-order valence-electron chi connectivity index (χ1n) is 10.2. The minimum absolute atomic E-state index is 0.279. The molecular formula is C22H27N9. The van der Waals surface area contributed by atoms with Gasteiger partial charge in [0.1, 0.15) is 24.0 Å². The van der Waals surface area contributed by atoms with Crippen molar-refractivity contribution in [2.75, 3.05) is 56.4 Å². The number of hydrogen-bond donors (Lipinski definition) is 1. The molecule has 1 aliphatic rings. The van der Waals surface area contributed by atoms with Crippen LogP contribution in [-0.4, -0.2) is 71.7 Å². The molecule has 1 N–H and O–H groups in total. The molecule has 1 atom stereocenters. The van der Waals surface area contributed by atoms with Gasteiger partial charge in [-0.15, -0.1) is 0 Å². The lowest BCUT2D eigenvalue weighted by atomic mass is 10.2. The number of nitrogens with one attached hydrogen (secondary N) is 1. The van der Waals surface area contributed by atoms with Crippen LogP contribution in [0.3, 0.4) is 0 Å². The Kier molecular flexibility index (Phi) is 5.73. The summed E-state index contributed by atoms with van der Waals surface area (Å²) in [5.74, 6) is 1.19. The Morgan fingerprint density at radius 2 is 1.94 bits per heavy atom. The zero-order valence-corrected chi connectivity index (χ0v) is 18.3. The first-order chi connectivity index (χ1) is 14.9. The quantitative estimate of drug-likeness (QED) is 0.654. The Hall–Kier alpha value is -3.64. The summed E-state index contributed by atoms with van der Waals surface area (Å²) in [6, 6.07) is 9.12. The molecule has 3 heterocycles. The third kappa shape index (κ3) is 4.44. The van der Waals surface area contributed by atoms with Crippen LogP contribution in [0.25, 0.3) is 5.69 Å². The number of benzene rings is 1. The standard InChI is InChI=1S/C22H27N9/c1-28(2)18-7-8-30(13-18)17-5-6-19(20(9-17)29(3)4)31-14-22(26-15-31)27-21-12-24-16(10-23)11-25-21/h5-6,9,11-12,14-15,18H,7-8,13H2,1-4H3,(H,25,27)/t18-/m1/s1. The number of aromatic nitrogens is 4. The Morgan fingerprint density at radius 3 is 2.58 bits per heavy atom. The topological polar surface area (TPSA) is 89.1 Å². The molecule has 9 nitrogen and oxygen atoms in total. The Balaban J connectivity index is 1.56. The highest BCUT2D eigenvalue weighted by Crippen LogP contribution is 2.31. The van der Waals surface area contributed by atoms with Gasteiger partial charge in [-0.2, -0.15) is 5.26 Å². The summed E-state index contributed by atoms with van der Waals surface area (Å²) in [7, 11) is 8.41. The molecule has 4 rings (SSSR count). The van der Waals surface area contributed by atoms with Crippen molar-refractivity contribution in [1.29, 1.82) is 5.26 Å². The normalized spacial score (nSPS) is 15.9. The van der Waals surface area contributed by atoms with Crippen LogP contribution in [0, 0.1) is 11.3 Å². The average Bonchev–Trinajstić information content (AvgIpc) is 3.44. The molecule has 0 saturated carbocycles. The third-order valence-corrected chi connectivity index (χ3v) is 5.58. The molecule has 0 amide bonds. The van der Waals surface area contributed by atoms with Crippen LogP contribution in [0.1, 0.15) is 12.1 Å². The fourth-order valence-electron chi connectivity index (χ4n) is 3.78. The second kappa shape index (κ2) is 8.62. The molecule has 0 unspecified atom stereocenters. The number of likely N-dealkylation sites (N-methyl/N-ethyl adjacent to an activating group) is 1. The van der Waals surface area contributed by atoms with Gasteiger partial charge in [0.15, 0.2) is 5.69 Å². The highest BCUT2D eigenvalue weighted by Gasteiger charge is 2.24. The lowest BCUT2D eigenvalue weighted by Crippen LogP contribution is -2.31. The van der Waals surface area contributed by atoms with E-state index in [0.717, 1.165) is 24.5 Å². The molecule has 0 aliphatic carbocycles. The van der Waals surface area contributed by atoms with Crippen molar-refractivity contribution < 1.29 is 0 Å². The van der Waals surface area contributed by atoms with E-state index in [2.05, 4.69) is 81.4 Å². The lowest BCUT2D eigenvalue weighted by Gasteiger charge is -2.25. The molecular weight excluding hydrogens is 390 g/mol. The zero-order valence-electron chi connectivity index (χ0n) is 18.3. The number of anilines is 4. The predicted molar refractivity (Wildman–Crippen MR) is 122 cm³/mol. The first-order valence-corrected chi connectivity index (χ1v) is 10.2. The maximum absolute atomic E-state index is 8.85. The van der Waals surface area contributed by atoms with Crippen molar-refractivity contribution >= 4 is 23.0 Å². The zero-order chi connectivity index (χ0) is 22.0. The van der Waals surface area contributed by atoms with E-state index in [9.17, 15) is 0 Å². The van der Waals surface area contributed by atoms with Gasteiger partial charge in [0.25, 0.3) is 0 Å². The highest BCUT2D eigenvalue weighted by molar-refractivity contribution is 5.70. The summed E-state index contributed by atoms with van der Waals surface area (Å²) in [5, 5.41) is 12.0. The van der Waals surface area contributed by atoms with Gasteiger partial charge >= 0.3 is 0 Å². The van der Waals surface area contributed by atoms with Gasteiger partial charge < -0.3 is 24.6 Å². The SMILES string of the molecule is CN(C)c1cc(N2CC[C@@H](N(C)C)C2)ccc1-n1cnc(Nc2cnc(C#N)cn2)c1. The van der Waals surface area contributed by atoms with Gasteiger partial charge in [-0.25, -0.2) is 15.0 Å². The van der Waals surface area contributed by atoms with E-state index in [1.54, 1.807) is 6.33 Å². The van der Waals surface area contributed by atoms with E-state index in [1.807, 2.05) is 16.8 Å². The lowest BCUT2D eigenvalue weighted by molar-refractivity contribution is 0.315. The van der Waals surface area contributed by atoms with Gasteiger partial charge in [-0.05, 0) is 38.7 Å². The summed E-state index contributed by atoms with van der Waals surface area (Å²) in [4.78, 5) is 19.5. The second-order valence-corrected chi connectivity index (χ2v) is 8.11. The van der Waals surface area contributed by atoms with Crippen LogP contribution >= 0.6 is 0 Å². The Labute approximate surface area is 182 Å². The van der Waals surface area contributed by atoms with Crippen molar-refractivity contribution in [1.82, 2.24) is 24.4 Å². The molecule has 1 aliphatic heterocycles. The maximum atomic E-state index is 8.85. The predicted octanol–water partition coefficient (Wildman–Crippen LogP) is 2.48. The minimum Gasteiger partial charge on any atom is -0.376 e. The monoisotopic (exact) mass is 417 g/mol. The first kappa shape index (κ1) is 20.6. The Bertz CT molecular complexity index is 1080. The van der Waals surface area contributed by atoms with Crippen LogP contribution < -0.4 is 15.1 Å². The smallest absolute Gasteiger partial charge is 0.158 e. The van der Waals surface area contributed by atoms with Gasteiger partial charge in [0.05, 0.1) is 30.0 Å². The van der Waals surface area contributed by atoms with Crippen LogP contribution in [-0.2, 0) is 0 Å². The molecule has 160 valence electrons. The summed E-state index contributed by atoms with van der Waals surface area (Å²) >= 11 is 0. The number of rotatable bonds is 6. The van der Waals surface area contributed by atoms with E-state index in [4.69, 9.17) is 5.26 Å². The van der Waals surface area contributed by atoms with E-state index in [1.165, 1.54) is 24.5 Å². The van der Waals surface area contributed by atoms with Crippen LogP contribution in [0.15, 0.2) is 43.1 Å². The summed E-state index contributed by atoms with van der Waals surface area (Å²) < 4.78 is 1.99. The number of hydrogen-bond acceptors (Lipinski definition) is 8. The molecule has 0 spiro atoms. The molecule has 1 aromatic carbocycles. The van der Waals surface area contributed by atoms with Crippen LogP contribution in [0.2, 0.25) is 0 Å². The summed E-state index contributed by atoms with van der Waals surface area (Å²) in [5.41, 5.74) is 3.68. The van der Waals surface area contributed by atoms with Crippen molar-refractivity contribution in [3.8, 4) is 11.8 Å². The second-order valence-electron chi connectivity index (χ2n) is 8.11. The van der Waals surface area contributed by atoms with Crippen molar-refractivity contribution in [3.05, 3.63) is 48.8 Å². The van der Waals surface area contributed by atoms with Gasteiger partial charge in [0, 0.05) is 38.9 Å². The molecule has 0 radical (unpaired) electrons. The Morgan fingerprint density at radius 1 is 1.10 bits per heavy atom. The fourth-order valence-corrected chi connectivity index (χ4v) is 3.78. The van der Waals surface area contributed by atoms with E-state index in [-0.39, 0.29) is 5.69 Å². The van der Waals surface area contributed by atoms with E-state index < -0.39 is 0 Å². The maximum Gasteiger partial charge on any atom is 0.158 e. The van der Waals surface area contributed by atoms with Crippen molar-refractivity contribution in [2.45, 2.75) is 12.5 Å². The van der Waals surface area contributed by atoms with E-state index in [0.29, 0.717) is 17.7 Å². The van der Waals surface area contributed by atoms with Crippen LogP contribution in [0.4, 0.5) is 23.0 Å². The number of imidazole rings is 1. The molecule has 31 heavy (non-hydrogen) atoms. The van der Waals surface area contributed by atoms with Gasteiger partial charge in [-0.3, -0.25) is 0 Å². The van der Waals surface area contributed by atoms with Crippen LogP contribution in [0.5, 0.6) is 0 Å². The third-order valence-electron chi connectivity index (χ3n) is 5.58. The minimum atomic E-state index is 0.279. The summed E-state index contributed by atoms with van der Waals surface area (Å²) in [6.07, 6.45) is 7.83.